The van der Waals surface area contributed by atoms with Crippen LogP contribution in [0, 0.1) is 6.92 Å². The van der Waals surface area contributed by atoms with Crippen molar-refractivity contribution in [2.75, 3.05) is 21.3 Å². The van der Waals surface area contributed by atoms with Crippen molar-refractivity contribution in [3.63, 3.8) is 0 Å². The molecule has 30 heavy (non-hydrogen) atoms. The molecule has 4 aromatic rings. The first-order valence-corrected chi connectivity index (χ1v) is 9.57. The van der Waals surface area contributed by atoms with Gasteiger partial charge in [-0.05, 0) is 55.5 Å². The van der Waals surface area contributed by atoms with Crippen LogP contribution in [0.25, 0.3) is 22.3 Å². The van der Waals surface area contributed by atoms with Crippen LogP contribution in [0.4, 0.5) is 5.69 Å². The summed E-state index contributed by atoms with van der Waals surface area (Å²) < 4.78 is 22.3. The van der Waals surface area contributed by atoms with Crippen LogP contribution in [-0.2, 0) is 0 Å². The molecule has 0 atom stereocenters. The van der Waals surface area contributed by atoms with Crippen molar-refractivity contribution in [2.24, 2.45) is 4.99 Å². The Kier molecular flexibility index (Phi) is 5.44. The van der Waals surface area contributed by atoms with E-state index in [1.165, 1.54) is 0 Å². The Labute approximate surface area is 175 Å². The highest BCUT2D eigenvalue weighted by atomic mass is 16.5. The molecule has 5 nitrogen and oxygen atoms in total. The molecule has 0 amide bonds. The van der Waals surface area contributed by atoms with Crippen molar-refractivity contribution in [1.82, 2.24) is 0 Å². The number of fused-ring (bicyclic) bond motifs is 1. The van der Waals surface area contributed by atoms with Crippen molar-refractivity contribution < 1.29 is 18.6 Å². The lowest BCUT2D eigenvalue weighted by Crippen LogP contribution is -2.04. The molecule has 0 fully saturated rings. The van der Waals surface area contributed by atoms with Crippen molar-refractivity contribution >= 4 is 16.7 Å². The lowest BCUT2D eigenvalue weighted by molar-refractivity contribution is 0.395. The highest BCUT2D eigenvalue weighted by Gasteiger charge is 2.09. The molecular formula is C25H23NO4. The number of aryl methyl sites for hydroxylation is 1. The van der Waals surface area contributed by atoms with Crippen LogP contribution in [0.2, 0.25) is 0 Å². The Morgan fingerprint density at radius 1 is 0.733 bits per heavy atom. The maximum absolute atomic E-state index is 6.20. The summed E-state index contributed by atoms with van der Waals surface area (Å²) in [5.74, 6) is 2.87. The van der Waals surface area contributed by atoms with E-state index in [0.29, 0.717) is 17.2 Å². The summed E-state index contributed by atoms with van der Waals surface area (Å²) in [4.78, 5) is 4.91. The van der Waals surface area contributed by atoms with Gasteiger partial charge < -0.3 is 18.6 Å². The molecule has 0 unspecified atom stereocenters. The maximum atomic E-state index is 6.20. The number of rotatable bonds is 5. The molecule has 5 heteroatoms. The van der Waals surface area contributed by atoms with Gasteiger partial charge in [-0.1, -0.05) is 11.6 Å². The summed E-state index contributed by atoms with van der Waals surface area (Å²) >= 11 is 0. The molecule has 0 radical (unpaired) electrons. The van der Waals surface area contributed by atoms with Gasteiger partial charge in [0.15, 0.2) is 0 Å². The second-order valence-electron chi connectivity index (χ2n) is 6.87. The Morgan fingerprint density at radius 3 is 2.17 bits per heavy atom. The fraction of sp³-hybridized carbons (Fsp3) is 0.160. The zero-order valence-electron chi connectivity index (χ0n) is 17.4. The van der Waals surface area contributed by atoms with E-state index in [1.807, 2.05) is 60.7 Å². The topological polar surface area (TPSA) is 53.2 Å². The third kappa shape index (κ3) is 3.87. The molecule has 0 saturated heterocycles. The van der Waals surface area contributed by atoms with Gasteiger partial charge in [-0.15, -0.1) is 0 Å². The molecule has 152 valence electrons. The van der Waals surface area contributed by atoms with Gasteiger partial charge in [-0.2, -0.15) is 0 Å². The molecule has 0 saturated carbocycles. The summed E-state index contributed by atoms with van der Waals surface area (Å²) in [5.41, 5.74) is 3.55. The number of ether oxygens (including phenoxy) is 3. The van der Waals surface area contributed by atoms with E-state index in [9.17, 15) is 0 Å². The van der Waals surface area contributed by atoms with Crippen LogP contribution in [0.5, 0.6) is 17.2 Å². The zero-order chi connectivity index (χ0) is 21.1. The van der Waals surface area contributed by atoms with Gasteiger partial charge in [0, 0.05) is 23.1 Å². The quantitative estimate of drug-likeness (QED) is 0.433. The van der Waals surface area contributed by atoms with Gasteiger partial charge in [0.2, 0.25) is 0 Å². The third-order valence-electron chi connectivity index (χ3n) is 4.90. The van der Waals surface area contributed by atoms with Gasteiger partial charge in [-0.3, -0.25) is 0 Å². The Morgan fingerprint density at radius 2 is 1.47 bits per heavy atom. The van der Waals surface area contributed by atoms with Crippen molar-refractivity contribution in [2.45, 2.75) is 6.92 Å². The summed E-state index contributed by atoms with van der Waals surface area (Å²) in [6.45, 7) is 2.05. The average Bonchev–Trinajstić information content (AvgIpc) is 2.79. The normalized spacial score (nSPS) is 11.5. The van der Waals surface area contributed by atoms with E-state index < -0.39 is 0 Å². The Hall–Kier alpha value is -3.73. The van der Waals surface area contributed by atoms with E-state index in [2.05, 4.69) is 13.0 Å². The largest absolute Gasteiger partial charge is 0.497 e. The molecule has 0 spiro atoms. The first kappa shape index (κ1) is 19.6. The number of nitrogens with zero attached hydrogens (tertiary/aromatic N) is 1. The molecule has 1 heterocycles. The number of hydrogen-bond acceptors (Lipinski definition) is 5. The van der Waals surface area contributed by atoms with Gasteiger partial charge in [0.1, 0.15) is 34.3 Å². The number of benzene rings is 3. The van der Waals surface area contributed by atoms with E-state index in [-0.39, 0.29) is 0 Å². The van der Waals surface area contributed by atoms with Crippen LogP contribution in [0.1, 0.15) is 5.56 Å². The molecule has 0 bridgehead atoms. The first-order valence-electron chi connectivity index (χ1n) is 9.57. The second kappa shape index (κ2) is 8.33. The van der Waals surface area contributed by atoms with Crippen LogP contribution in [0.3, 0.4) is 0 Å². The Balaban J connectivity index is 1.95. The standard InChI is InChI=1S/C25H23NO4/c1-16-5-12-23-20(13-16)22(26-21-11-10-19(28-3)14-25(21)29-4)15-24(30-23)17-6-8-18(27-2)9-7-17/h5-15H,1-4H3. The molecule has 0 aliphatic rings. The van der Waals surface area contributed by atoms with Crippen LogP contribution in [0.15, 0.2) is 76.1 Å². The minimum atomic E-state index is 0.641. The van der Waals surface area contributed by atoms with E-state index >= 15 is 0 Å². The van der Waals surface area contributed by atoms with Gasteiger partial charge >= 0.3 is 0 Å². The summed E-state index contributed by atoms with van der Waals surface area (Å²) in [5, 5.41) is 1.74. The second-order valence-corrected chi connectivity index (χ2v) is 6.87. The minimum absolute atomic E-state index is 0.641. The number of methoxy groups -OCH3 is 3. The third-order valence-corrected chi connectivity index (χ3v) is 4.90. The fourth-order valence-corrected chi connectivity index (χ4v) is 3.28. The SMILES string of the molecule is COc1ccc(-c2cc(=Nc3ccc(OC)cc3OC)c3cc(C)ccc3o2)cc1. The molecular weight excluding hydrogens is 378 g/mol. The fourth-order valence-electron chi connectivity index (χ4n) is 3.28. The average molecular weight is 401 g/mol. The van der Waals surface area contributed by atoms with Crippen LogP contribution in [-0.4, -0.2) is 21.3 Å². The maximum Gasteiger partial charge on any atom is 0.148 e. The molecule has 1 aromatic heterocycles. The Bertz CT molecular complexity index is 1260. The van der Waals surface area contributed by atoms with E-state index in [4.69, 9.17) is 23.6 Å². The zero-order valence-corrected chi connectivity index (χ0v) is 17.4. The highest BCUT2D eigenvalue weighted by molar-refractivity contribution is 5.79. The minimum Gasteiger partial charge on any atom is -0.497 e. The molecule has 3 aromatic carbocycles. The van der Waals surface area contributed by atoms with E-state index in [0.717, 1.165) is 39.0 Å². The van der Waals surface area contributed by atoms with Gasteiger partial charge in [-0.25, -0.2) is 4.99 Å². The predicted octanol–water partition coefficient (Wildman–Crippen LogP) is 5.67. The van der Waals surface area contributed by atoms with Crippen LogP contribution < -0.4 is 19.6 Å². The first-order chi connectivity index (χ1) is 14.6. The van der Waals surface area contributed by atoms with E-state index in [1.54, 1.807) is 21.3 Å². The van der Waals surface area contributed by atoms with Crippen molar-refractivity contribution in [3.8, 4) is 28.6 Å². The molecule has 0 N–H and O–H groups in total. The smallest absolute Gasteiger partial charge is 0.148 e. The lowest BCUT2D eigenvalue weighted by atomic mass is 10.1. The summed E-state index contributed by atoms with van der Waals surface area (Å²) in [6.07, 6.45) is 0. The monoisotopic (exact) mass is 401 g/mol. The number of hydrogen-bond donors (Lipinski definition) is 0. The lowest BCUT2D eigenvalue weighted by Gasteiger charge is -2.09. The summed E-state index contributed by atoms with van der Waals surface area (Å²) in [6, 6.07) is 21.4. The van der Waals surface area contributed by atoms with Crippen molar-refractivity contribution in [1.29, 1.82) is 0 Å². The molecule has 0 aliphatic carbocycles. The van der Waals surface area contributed by atoms with Gasteiger partial charge in [0.05, 0.1) is 26.7 Å². The summed E-state index contributed by atoms with van der Waals surface area (Å²) in [7, 11) is 4.90. The molecule has 0 aliphatic heterocycles. The van der Waals surface area contributed by atoms with Crippen molar-refractivity contribution in [3.05, 3.63) is 77.7 Å². The van der Waals surface area contributed by atoms with Crippen LogP contribution >= 0.6 is 0 Å². The predicted molar refractivity (Wildman–Crippen MR) is 118 cm³/mol. The highest BCUT2D eigenvalue weighted by Crippen LogP contribution is 2.32. The molecule has 4 rings (SSSR count). The van der Waals surface area contributed by atoms with Gasteiger partial charge in [0.25, 0.3) is 0 Å².